The average molecular weight is 573 g/mol. The summed E-state index contributed by atoms with van der Waals surface area (Å²) in [5, 5.41) is 0.829. The van der Waals surface area contributed by atoms with Gasteiger partial charge in [0.2, 0.25) is 0 Å². The Morgan fingerprint density at radius 2 is 0.824 bits per heavy atom. The first-order valence-electron chi connectivity index (χ1n) is 11.2. The van der Waals surface area contributed by atoms with Crippen molar-refractivity contribution in [2.24, 2.45) is 0 Å². The van der Waals surface area contributed by atoms with Gasteiger partial charge in [-0.05, 0) is 12.1 Å². The Morgan fingerprint density at radius 3 is 1.18 bits per heavy atom. The minimum absolute atomic E-state index is 0.0492. The maximum Gasteiger partial charge on any atom is 0.297 e. The Bertz CT molecular complexity index is 663. The summed E-state index contributed by atoms with van der Waals surface area (Å²) in [6.07, 6.45) is 0. The second kappa shape index (κ2) is 22.8. The summed E-state index contributed by atoms with van der Waals surface area (Å²) in [4.78, 5) is 0.126. The number of hydrogen-bond acceptors (Lipinski definition) is 10. The maximum atomic E-state index is 11.9. The van der Waals surface area contributed by atoms with E-state index in [1.807, 2.05) is 0 Å². The molecule has 0 atom stereocenters. The molecular weight excluding hydrogens is 536 g/mol. The first kappa shape index (κ1) is 31.4. The first-order valence-corrected chi connectivity index (χ1v) is 13.7. The van der Waals surface area contributed by atoms with Gasteiger partial charge in [-0.3, -0.25) is 4.18 Å². The summed E-state index contributed by atoms with van der Waals surface area (Å²) in [5.74, 6) is 0. The molecule has 0 bridgehead atoms. The van der Waals surface area contributed by atoms with E-state index in [1.54, 1.807) is 18.2 Å². The largest absolute Gasteiger partial charge is 0.378 e. The van der Waals surface area contributed by atoms with Gasteiger partial charge < -0.3 is 33.2 Å². The molecule has 0 fully saturated rings. The van der Waals surface area contributed by atoms with Gasteiger partial charge in [0.05, 0.1) is 104 Å². The third-order valence-corrected chi connectivity index (χ3v) is 5.60. The fraction of sp³-hybridized carbons (Fsp3) is 0.727. The van der Waals surface area contributed by atoms with Crippen molar-refractivity contribution in [3.8, 4) is 0 Å². The molecule has 0 saturated heterocycles. The van der Waals surface area contributed by atoms with Crippen molar-refractivity contribution in [1.82, 2.24) is 0 Å². The molecule has 0 saturated carbocycles. The molecule has 1 rings (SSSR count). The van der Waals surface area contributed by atoms with Crippen LogP contribution in [0.5, 0.6) is 0 Å². The lowest BCUT2D eigenvalue weighted by molar-refractivity contribution is -0.0207. The summed E-state index contributed by atoms with van der Waals surface area (Å²) in [6, 6.07) is 7.99. The van der Waals surface area contributed by atoms with E-state index in [9.17, 15) is 8.42 Å². The second-order valence-electron chi connectivity index (χ2n) is 6.56. The molecule has 0 spiro atoms. The molecule has 0 radical (unpaired) electrons. The van der Waals surface area contributed by atoms with Crippen LogP contribution in [0.15, 0.2) is 35.2 Å². The van der Waals surface area contributed by atoms with Crippen LogP contribution < -0.4 is 0 Å². The van der Waals surface area contributed by atoms with Gasteiger partial charge in [0, 0.05) is 5.33 Å². The maximum absolute atomic E-state index is 11.9. The molecule has 0 heterocycles. The number of halogens is 1. The summed E-state index contributed by atoms with van der Waals surface area (Å²) >= 11 is 3.29. The predicted molar refractivity (Wildman–Crippen MR) is 129 cm³/mol. The third kappa shape index (κ3) is 18.6. The fourth-order valence-corrected chi connectivity index (χ4v) is 3.48. The van der Waals surface area contributed by atoms with Gasteiger partial charge in [-0.1, -0.05) is 34.1 Å². The van der Waals surface area contributed by atoms with Gasteiger partial charge in [-0.15, -0.1) is 0 Å². The molecule has 1 aromatic carbocycles. The van der Waals surface area contributed by atoms with E-state index in [0.29, 0.717) is 85.9 Å². The van der Waals surface area contributed by atoms with Gasteiger partial charge in [0.15, 0.2) is 0 Å². The van der Waals surface area contributed by atoms with Crippen molar-refractivity contribution in [2.75, 3.05) is 104 Å². The smallest absolute Gasteiger partial charge is 0.297 e. The Hall–Kier alpha value is -0.670. The van der Waals surface area contributed by atoms with Crippen LogP contribution in [-0.4, -0.2) is 113 Å². The predicted octanol–water partition coefficient (Wildman–Crippen LogP) is 1.90. The average Bonchev–Trinajstić information content (AvgIpc) is 2.85. The van der Waals surface area contributed by atoms with Crippen molar-refractivity contribution in [3.63, 3.8) is 0 Å². The van der Waals surface area contributed by atoms with Crippen molar-refractivity contribution in [3.05, 3.63) is 30.3 Å². The van der Waals surface area contributed by atoms with E-state index in [0.717, 1.165) is 5.33 Å². The molecule has 0 aliphatic carbocycles. The zero-order valence-electron chi connectivity index (χ0n) is 19.6. The molecule has 0 unspecified atom stereocenters. The molecule has 1 aromatic rings. The van der Waals surface area contributed by atoms with Crippen LogP contribution >= 0.6 is 15.9 Å². The first-order chi connectivity index (χ1) is 16.7. The van der Waals surface area contributed by atoms with Crippen LogP contribution in [0.2, 0.25) is 0 Å². The zero-order valence-corrected chi connectivity index (χ0v) is 22.0. The van der Waals surface area contributed by atoms with E-state index >= 15 is 0 Å². The standard InChI is InChI=1S/C22H37BrO10S/c23-6-7-26-8-9-27-10-11-28-12-13-29-14-15-30-16-17-31-18-19-32-20-21-33-34(24,25)22-4-2-1-3-5-22/h1-5H,6-21H2. The third-order valence-electron chi connectivity index (χ3n) is 3.95. The monoisotopic (exact) mass is 572 g/mol. The Morgan fingerprint density at radius 1 is 0.500 bits per heavy atom. The number of ether oxygens (including phenoxy) is 7. The van der Waals surface area contributed by atoms with Crippen LogP contribution in [0.25, 0.3) is 0 Å². The molecule has 0 aliphatic rings. The van der Waals surface area contributed by atoms with E-state index in [4.69, 9.17) is 37.3 Å². The van der Waals surface area contributed by atoms with Crippen LogP contribution in [-0.2, 0) is 47.5 Å². The molecule has 0 aliphatic heterocycles. The molecule has 10 nitrogen and oxygen atoms in total. The molecule has 0 N–H and O–H groups in total. The Labute approximate surface area is 211 Å². The number of hydrogen-bond donors (Lipinski definition) is 0. The highest BCUT2D eigenvalue weighted by molar-refractivity contribution is 9.09. The summed E-state index contributed by atoms with van der Waals surface area (Å²) in [6.45, 7) is 6.61. The highest BCUT2D eigenvalue weighted by Crippen LogP contribution is 2.10. The number of benzene rings is 1. The van der Waals surface area contributed by atoms with Crippen LogP contribution in [0, 0.1) is 0 Å². The Kier molecular flexibility index (Phi) is 21.0. The van der Waals surface area contributed by atoms with E-state index < -0.39 is 10.1 Å². The lowest BCUT2D eigenvalue weighted by atomic mass is 10.4. The normalized spacial score (nSPS) is 11.8. The minimum Gasteiger partial charge on any atom is -0.378 e. The molecule has 0 amide bonds. The van der Waals surface area contributed by atoms with Crippen LogP contribution in [0.1, 0.15) is 0 Å². The summed E-state index contributed by atoms with van der Waals surface area (Å²) in [5.41, 5.74) is 0. The number of alkyl halides is 1. The van der Waals surface area contributed by atoms with Crippen LogP contribution in [0.4, 0.5) is 0 Å². The van der Waals surface area contributed by atoms with Gasteiger partial charge >= 0.3 is 0 Å². The van der Waals surface area contributed by atoms with E-state index in [1.165, 1.54) is 12.1 Å². The van der Waals surface area contributed by atoms with Gasteiger partial charge in [-0.2, -0.15) is 8.42 Å². The fourth-order valence-electron chi connectivity index (χ4n) is 2.33. The molecule has 34 heavy (non-hydrogen) atoms. The van der Waals surface area contributed by atoms with Crippen molar-refractivity contribution >= 4 is 26.0 Å². The molecule has 198 valence electrons. The minimum atomic E-state index is -3.74. The van der Waals surface area contributed by atoms with Crippen molar-refractivity contribution in [2.45, 2.75) is 4.90 Å². The highest BCUT2D eigenvalue weighted by atomic mass is 79.9. The van der Waals surface area contributed by atoms with E-state index in [2.05, 4.69) is 15.9 Å². The quantitative estimate of drug-likeness (QED) is 0.0978. The summed E-state index contributed by atoms with van der Waals surface area (Å²) in [7, 11) is -3.74. The molecule has 0 aromatic heterocycles. The zero-order chi connectivity index (χ0) is 24.6. The topological polar surface area (TPSA) is 108 Å². The van der Waals surface area contributed by atoms with Crippen molar-refractivity contribution < 1.29 is 45.8 Å². The second-order valence-corrected chi connectivity index (χ2v) is 8.97. The lowest BCUT2D eigenvalue weighted by Crippen LogP contribution is -2.15. The Balaban J connectivity index is 1.74. The van der Waals surface area contributed by atoms with Gasteiger partial charge in [0.25, 0.3) is 10.1 Å². The van der Waals surface area contributed by atoms with Crippen molar-refractivity contribution in [1.29, 1.82) is 0 Å². The molecule has 12 heteroatoms. The SMILES string of the molecule is O=S(=O)(OCCOCCOCCOCCOCCOCCOCCOCCBr)c1ccccc1. The number of rotatable bonds is 25. The van der Waals surface area contributed by atoms with Gasteiger partial charge in [-0.25, -0.2) is 0 Å². The van der Waals surface area contributed by atoms with Crippen LogP contribution in [0.3, 0.4) is 0 Å². The van der Waals surface area contributed by atoms with Gasteiger partial charge in [0.1, 0.15) is 0 Å². The molecular formula is C22H37BrO10S. The summed E-state index contributed by atoms with van der Waals surface area (Å²) < 4.78 is 66.2. The van der Waals surface area contributed by atoms with E-state index in [-0.39, 0.29) is 18.1 Å². The highest BCUT2D eigenvalue weighted by Gasteiger charge is 2.13. The lowest BCUT2D eigenvalue weighted by Gasteiger charge is -2.08.